The molecule has 31 heavy (non-hydrogen) atoms. The normalized spacial score (nSPS) is 17.0. The molecule has 2 heterocycles. The highest BCUT2D eigenvalue weighted by Gasteiger charge is 2.31. The molecule has 0 radical (unpaired) electrons. The van der Waals surface area contributed by atoms with Crippen LogP contribution in [0.2, 0.25) is 5.02 Å². The summed E-state index contributed by atoms with van der Waals surface area (Å²) in [5.74, 6) is 0.179. The summed E-state index contributed by atoms with van der Waals surface area (Å²) >= 11 is 6.10. The molecule has 1 fully saturated rings. The maximum Gasteiger partial charge on any atom is 0.198 e. The average molecular weight is 461 g/mol. The Morgan fingerprint density at radius 1 is 1.00 bits per heavy atom. The maximum absolute atomic E-state index is 13.0. The molecular formula is C21H25ClN6O2S. The zero-order chi connectivity index (χ0) is 22.0. The molecule has 0 spiro atoms. The van der Waals surface area contributed by atoms with Crippen LogP contribution in [-0.4, -0.2) is 71.7 Å². The highest BCUT2D eigenvalue weighted by Crippen LogP contribution is 2.29. The molecule has 1 atom stereocenters. The van der Waals surface area contributed by atoms with Crippen molar-refractivity contribution in [2.75, 3.05) is 33.2 Å². The Balaban J connectivity index is 1.69. The molecule has 1 aromatic heterocycles. The van der Waals surface area contributed by atoms with Gasteiger partial charge in [0.15, 0.2) is 21.5 Å². The van der Waals surface area contributed by atoms with Gasteiger partial charge < -0.3 is 4.90 Å². The van der Waals surface area contributed by atoms with Gasteiger partial charge in [-0.15, -0.1) is 5.10 Å². The van der Waals surface area contributed by atoms with E-state index in [-0.39, 0.29) is 16.8 Å². The number of sulfone groups is 1. The zero-order valence-electron chi connectivity index (χ0n) is 17.5. The molecule has 0 saturated carbocycles. The third kappa shape index (κ3) is 4.95. The van der Waals surface area contributed by atoms with E-state index < -0.39 is 9.84 Å². The summed E-state index contributed by atoms with van der Waals surface area (Å²) in [6.45, 7) is 5.38. The fourth-order valence-electron chi connectivity index (χ4n) is 3.73. The quantitative estimate of drug-likeness (QED) is 0.558. The van der Waals surface area contributed by atoms with Crippen LogP contribution in [0.3, 0.4) is 0 Å². The van der Waals surface area contributed by atoms with E-state index in [1.807, 2.05) is 31.2 Å². The van der Waals surface area contributed by atoms with Crippen LogP contribution in [0.1, 0.15) is 23.0 Å². The van der Waals surface area contributed by atoms with Crippen LogP contribution in [0.25, 0.3) is 0 Å². The lowest BCUT2D eigenvalue weighted by Gasteiger charge is -2.37. The van der Waals surface area contributed by atoms with Crippen LogP contribution >= 0.6 is 11.6 Å². The van der Waals surface area contributed by atoms with Crippen LogP contribution < -0.4 is 0 Å². The summed E-state index contributed by atoms with van der Waals surface area (Å²) in [6, 6.07) is 14.1. The molecule has 1 aliphatic rings. The van der Waals surface area contributed by atoms with Gasteiger partial charge >= 0.3 is 0 Å². The van der Waals surface area contributed by atoms with Crippen LogP contribution in [0.5, 0.6) is 0 Å². The first-order chi connectivity index (χ1) is 14.8. The lowest BCUT2D eigenvalue weighted by molar-refractivity contribution is 0.122. The number of rotatable bonds is 6. The highest BCUT2D eigenvalue weighted by atomic mass is 35.5. The SMILES string of the molecule is Cc1ccc(S(=O)(=O)Cn2nnnc2C(c2ccc(Cl)cc2)N2CCN(C)CC2)cc1. The number of nitrogens with zero attached hydrogens (tertiary/aromatic N) is 6. The summed E-state index contributed by atoms with van der Waals surface area (Å²) in [4.78, 5) is 4.80. The molecule has 1 unspecified atom stereocenters. The van der Waals surface area contributed by atoms with Crippen LogP contribution in [-0.2, 0) is 15.7 Å². The van der Waals surface area contributed by atoms with E-state index in [1.54, 1.807) is 24.3 Å². The third-order valence-corrected chi connectivity index (χ3v) is 7.39. The minimum absolute atomic E-state index is 0.252. The number of tetrazole rings is 1. The van der Waals surface area contributed by atoms with Crippen molar-refractivity contribution in [2.45, 2.75) is 23.7 Å². The topological polar surface area (TPSA) is 84.2 Å². The van der Waals surface area contributed by atoms with Crippen molar-refractivity contribution in [1.82, 2.24) is 30.0 Å². The number of benzene rings is 2. The Hall–Kier alpha value is -2.33. The van der Waals surface area contributed by atoms with E-state index in [4.69, 9.17) is 11.6 Å². The van der Waals surface area contributed by atoms with Gasteiger partial charge in [0.2, 0.25) is 0 Å². The molecule has 0 bridgehead atoms. The molecule has 0 amide bonds. The number of aromatic nitrogens is 4. The van der Waals surface area contributed by atoms with Gasteiger partial charge in [-0.05, 0) is 54.2 Å². The van der Waals surface area contributed by atoms with E-state index in [1.165, 1.54) is 4.68 Å². The van der Waals surface area contributed by atoms with Crippen LogP contribution in [0.15, 0.2) is 53.4 Å². The molecule has 1 aliphatic heterocycles. The Kier molecular flexibility index (Phi) is 6.38. The molecular weight excluding hydrogens is 436 g/mol. The van der Waals surface area contributed by atoms with Crippen LogP contribution in [0, 0.1) is 6.92 Å². The molecule has 10 heteroatoms. The van der Waals surface area contributed by atoms with Gasteiger partial charge in [-0.3, -0.25) is 4.90 Å². The maximum atomic E-state index is 13.0. The van der Waals surface area contributed by atoms with Gasteiger partial charge in [0.1, 0.15) is 0 Å². The number of likely N-dealkylation sites (N-methyl/N-ethyl adjacent to an activating group) is 1. The first-order valence-corrected chi connectivity index (χ1v) is 12.1. The molecule has 0 N–H and O–H groups in total. The lowest BCUT2D eigenvalue weighted by Crippen LogP contribution is -2.46. The van der Waals surface area contributed by atoms with Gasteiger partial charge in [0.25, 0.3) is 0 Å². The van der Waals surface area contributed by atoms with E-state index in [9.17, 15) is 8.42 Å². The fraction of sp³-hybridized carbons (Fsp3) is 0.381. The zero-order valence-corrected chi connectivity index (χ0v) is 19.1. The largest absolute Gasteiger partial charge is 0.304 e. The van der Waals surface area contributed by atoms with Crippen molar-refractivity contribution >= 4 is 21.4 Å². The van der Waals surface area contributed by atoms with E-state index in [0.29, 0.717) is 10.8 Å². The minimum Gasteiger partial charge on any atom is -0.304 e. The standard InChI is InChI=1S/C21H25ClN6O2S/c1-16-3-9-19(10-4-16)31(29,30)15-28-21(23-24-25-28)20(17-5-7-18(22)8-6-17)27-13-11-26(2)12-14-27/h3-10,20H,11-15H2,1-2H3. The van der Waals surface area contributed by atoms with E-state index in [0.717, 1.165) is 37.3 Å². The molecule has 164 valence electrons. The van der Waals surface area contributed by atoms with Crippen molar-refractivity contribution in [3.8, 4) is 0 Å². The second-order valence-corrected chi connectivity index (χ2v) is 10.3. The number of halogens is 1. The second kappa shape index (κ2) is 9.04. The molecule has 8 nitrogen and oxygen atoms in total. The molecule has 0 aliphatic carbocycles. The van der Waals surface area contributed by atoms with Crippen molar-refractivity contribution in [3.05, 3.63) is 70.5 Å². The molecule has 4 rings (SSSR count). The second-order valence-electron chi connectivity index (χ2n) is 7.89. The van der Waals surface area contributed by atoms with Crippen molar-refractivity contribution in [1.29, 1.82) is 0 Å². The first kappa shape index (κ1) is 21.9. The Morgan fingerprint density at radius 2 is 1.65 bits per heavy atom. The number of hydrogen-bond donors (Lipinski definition) is 0. The first-order valence-electron chi connectivity index (χ1n) is 10.1. The lowest BCUT2D eigenvalue weighted by atomic mass is 10.0. The number of hydrogen-bond acceptors (Lipinski definition) is 7. The molecule has 3 aromatic rings. The Labute approximate surface area is 187 Å². The predicted molar refractivity (Wildman–Crippen MR) is 119 cm³/mol. The summed E-state index contributed by atoms with van der Waals surface area (Å²) in [6.07, 6.45) is 0. The highest BCUT2D eigenvalue weighted by molar-refractivity contribution is 7.90. The van der Waals surface area contributed by atoms with Gasteiger partial charge in [-0.2, -0.15) is 0 Å². The summed E-state index contributed by atoms with van der Waals surface area (Å²) in [5.41, 5.74) is 1.97. The molecule has 2 aromatic carbocycles. The smallest absolute Gasteiger partial charge is 0.198 e. The van der Waals surface area contributed by atoms with Crippen molar-refractivity contribution in [3.63, 3.8) is 0 Å². The average Bonchev–Trinajstić information content (AvgIpc) is 3.18. The third-order valence-electron chi connectivity index (χ3n) is 5.57. The Morgan fingerprint density at radius 3 is 2.29 bits per heavy atom. The van der Waals surface area contributed by atoms with E-state index >= 15 is 0 Å². The van der Waals surface area contributed by atoms with Crippen molar-refractivity contribution in [2.24, 2.45) is 0 Å². The monoisotopic (exact) mass is 460 g/mol. The van der Waals surface area contributed by atoms with Gasteiger partial charge in [0, 0.05) is 31.2 Å². The fourth-order valence-corrected chi connectivity index (χ4v) is 5.06. The van der Waals surface area contributed by atoms with Crippen molar-refractivity contribution < 1.29 is 8.42 Å². The van der Waals surface area contributed by atoms with Gasteiger partial charge in [-0.25, -0.2) is 13.1 Å². The minimum atomic E-state index is -3.61. The van der Waals surface area contributed by atoms with Crippen LogP contribution in [0.4, 0.5) is 0 Å². The summed E-state index contributed by atoms with van der Waals surface area (Å²) < 4.78 is 27.5. The molecule has 1 saturated heterocycles. The number of aryl methyl sites for hydroxylation is 1. The van der Waals surface area contributed by atoms with E-state index in [2.05, 4.69) is 32.4 Å². The number of piperazine rings is 1. The Bertz CT molecular complexity index is 1120. The summed E-state index contributed by atoms with van der Waals surface area (Å²) in [7, 11) is -1.52. The van der Waals surface area contributed by atoms with Gasteiger partial charge in [0.05, 0.1) is 10.9 Å². The summed E-state index contributed by atoms with van der Waals surface area (Å²) in [5, 5.41) is 12.7. The predicted octanol–water partition coefficient (Wildman–Crippen LogP) is 2.40. The van der Waals surface area contributed by atoms with Gasteiger partial charge in [-0.1, -0.05) is 41.4 Å².